The van der Waals surface area contributed by atoms with Crippen molar-refractivity contribution in [1.29, 1.82) is 0 Å². The maximum absolute atomic E-state index is 5.13. The lowest BCUT2D eigenvalue weighted by atomic mass is 10.2. The van der Waals surface area contributed by atoms with Crippen molar-refractivity contribution in [2.75, 3.05) is 20.4 Å². The molecule has 1 aromatic carbocycles. The van der Waals surface area contributed by atoms with Gasteiger partial charge < -0.3 is 10.2 Å². The van der Waals surface area contributed by atoms with E-state index < -0.39 is 0 Å². The van der Waals surface area contributed by atoms with Crippen molar-refractivity contribution in [2.24, 2.45) is 0 Å². The molecule has 0 atom stereocenters. The molecule has 0 radical (unpaired) electrons. The van der Waals surface area contributed by atoms with E-state index in [1.807, 2.05) is 18.0 Å². The highest BCUT2D eigenvalue weighted by Gasteiger charge is 2.16. The minimum Gasteiger partial charge on any atom is -0.350 e. The van der Waals surface area contributed by atoms with E-state index in [4.69, 9.17) is 12.2 Å². The Kier molecular flexibility index (Phi) is 3.18. The monoisotopic (exact) mass is 221 g/mol. The van der Waals surface area contributed by atoms with E-state index in [0.29, 0.717) is 0 Å². The number of thiocarbonyl (C=S) groups is 1. The number of rotatable bonds is 2. The molecule has 0 spiro atoms. The number of hydrogen-bond donors (Lipinski definition) is 1. The van der Waals surface area contributed by atoms with Gasteiger partial charge in [0.15, 0.2) is 5.11 Å². The first-order valence-electron chi connectivity index (χ1n) is 5.01. The first-order valence-corrected chi connectivity index (χ1v) is 5.42. The SMILES string of the molecule is CN1CN(Cc2ccccc2)CNC1=S. The summed E-state index contributed by atoms with van der Waals surface area (Å²) in [4.78, 5) is 4.35. The second-order valence-corrected chi connectivity index (χ2v) is 4.18. The van der Waals surface area contributed by atoms with E-state index in [1.54, 1.807) is 0 Å². The van der Waals surface area contributed by atoms with Crippen LogP contribution in [-0.4, -0.2) is 35.3 Å². The van der Waals surface area contributed by atoms with Crippen LogP contribution < -0.4 is 5.32 Å². The molecule has 1 aliphatic rings. The van der Waals surface area contributed by atoms with E-state index in [9.17, 15) is 0 Å². The molecule has 0 aliphatic carbocycles. The van der Waals surface area contributed by atoms with Crippen molar-refractivity contribution in [1.82, 2.24) is 15.1 Å². The van der Waals surface area contributed by atoms with Gasteiger partial charge in [0.05, 0.1) is 13.3 Å². The summed E-state index contributed by atoms with van der Waals surface area (Å²) < 4.78 is 0. The van der Waals surface area contributed by atoms with E-state index >= 15 is 0 Å². The summed E-state index contributed by atoms with van der Waals surface area (Å²) in [6.07, 6.45) is 0. The molecule has 1 aliphatic heterocycles. The normalized spacial score (nSPS) is 17.7. The first kappa shape index (κ1) is 10.4. The van der Waals surface area contributed by atoms with Gasteiger partial charge in [-0.25, -0.2) is 0 Å². The molecule has 80 valence electrons. The zero-order valence-electron chi connectivity index (χ0n) is 8.81. The highest BCUT2D eigenvalue weighted by Crippen LogP contribution is 2.06. The van der Waals surface area contributed by atoms with Gasteiger partial charge in [-0.05, 0) is 17.8 Å². The molecule has 0 aromatic heterocycles. The largest absolute Gasteiger partial charge is 0.350 e. The summed E-state index contributed by atoms with van der Waals surface area (Å²) >= 11 is 5.13. The van der Waals surface area contributed by atoms with Gasteiger partial charge in [-0.15, -0.1) is 0 Å². The van der Waals surface area contributed by atoms with Gasteiger partial charge in [-0.1, -0.05) is 30.3 Å². The van der Waals surface area contributed by atoms with Gasteiger partial charge in [0.25, 0.3) is 0 Å². The van der Waals surface area contributed by atoms with Gasteiger partial charge in [-0.3, -0.25) is 4.90 Å². The number of hydrogen-bond acceptors (Lipinski definition) is 2. The van der Waals surface area contributed by atoms with E-state index in [1.165, 1.54) is 5.56 Å². The van der Waals surface area contributed by atoms with Crippen LogP contribution in [0.1, 0.15) is 5.56 Å². The summed E-state index contributed by atoms with van der Waals surface area (Å²) in [5.74, 6) is 0. The van der Waals surface area contributed by atoms with Gasteiger partial charge in [-0.2, -0.15) is 0 Å². The van der Waals surface area contributed by atoms with Gasteiger partial charge in [0, 0.05) is 13.6 Å². The van der Waals surface area contributed by atoms with Crippen LogP contribution in [0.25, 0.3) is 0 Å². The van der Waals surface area contributed by atoms with Crippen LogP contribution in [0.4, 0.5) is 0 Å². The van der Waals surface area contributed by atoms with Crippen LogP contribution in [0.5, 0.6) is 0 Å². The lowest BCUT2D eigenvalue weighted by Gasteiger charge is -2.35. The molecule has 1 aromatic rings. The van der Waals surface area contributed by atoms with Crippen molar-refractivity contribution in [3.63, 3.8) is 0 Å². The lowest BCUT2D eigenvalue weighted by molar-refractivity contribution is 0.163. The lowest BCUT2D eigenvalue weighted by Crippen LogP contribution is -2.53. The summed E-state index contributed by atoms with van der Waals surface area (Å²) in [5.41, 5.74) is 1.33. The third kappa shape index (κ3) is 2.67. The molecular formula is C11H15N3S. The highest BCUT2D eigenvalue weighted by atomic mass is 32.1. The maximum Gasteiger partial charge on any atom is 0.170 e. The molecule has 3 nitrogen and oxygen atoms in total. The Balaban J connectivity index is 1.94. The second-order valence-electron chi connectivity index (χ2n) is 3.79. The number of nitrogens with zero attached hydrogens (tertiary/aromatic N) is 2. The zero-order chi connectivity index (χ0) is 10.7. The Morgan fingerprint density at radius 1 is 1.33 bits per heavy atom. The van der Waals surface area contributed by atoms with E-state index in [0.717, 1.165) is 25.0 Å². The highest BCUT2D eigenvalue weighted by molar-refractivity contribution is 7.80. The summed E-state index contributed by atoms with van der Waals surface area (Å²) in [6.45, 7) is 2.68. The summed E-state index contributed by atoms with van der Waals surface area (Å²) in [6, 6.07) is 10.5. The molecular weight excluding hydrogens is 206 g/mol. The standard InChI is InChI=1S/C11H15N3S/c1-13-9-14(8-12-11(13)15)7-10-5-3-2-4-6-10/h2-6H,7-9H2,1H3,(H,12,15). The fraction of sp³-hybridized carbons (Fsp3) is 0.364. The van der Waals surface area contributed by atoms with Crippen LogP contribution in [0.3, 0.4) is 0 Å². The van der Waals surface area contributed by atoms with Crippen molar-refractivity contribution >= 4 is 17.3 Å². The molecule has 0 amide bonds. The van der Waals surface area contributed by atoms with Crippen molar-refractivity contribution < 1.29 is 0 Å². The fourth-order valence-electron chi connectivity index (χ4n) is 1.68. The van der Waals surface area contributed by atoms with Gasteiger partial charge in [0.1, 0.15) is 0 Å². The van der Waals surface area contributed by atoms with Crippen molar-refractivity contribution in [2.45, 2.75) is 6.54 Å². The predicted molar refractivity (Wildman–Crippen MR) is 65.2 cm³/mol. The molecule has 1 fully saturated rings. The number of nitrogens with one attached hydrogen (secondary N) is 1. The van der Waals surface area contributed by atoms with Gasteiger partial charge >= 0.3 is 0 Å². The molecule has 1 saturated heterocycles. The van der Waals surface area contributed by atoms with Crippen LogP contribution >= 0.6 is 12.2 Å². The minimum absolute atomic E-state index is 0.831. The van der Waals surface area contributed by atoms with Crippen molar-refractivity contribution in [3.05, 3.63) is 35.9 Å². The van der Waals surface area contributed by atoms with Crippen LogP contribution in [0, 0.1) is 0 Å². The predicted octanol–water partition coefficient (Wildman–Crippen LogP) is 1.22. The quantitative estimate of drug-likeness (QED) is 0.757. The molecule has 4 heteroatoms. The molecule has 0 saturated carbocycles. The maximum atomic E-state index is 5.13. The van der Waals surface area contributed by atoms with Gasteiger partial charge in [0.2, 0.25) is 0 Å². The molecule has 0 unspecified atom stereocenters. The van der Waals surface area contributed by atoms with Crippen LogP contribution in [-0.2, 0) is 6.54 Å². The Morgan fingerprint density at radius 3 is 2.73 bits per heavy atom. The molecule has 1 N–H and O–H groups in total. The van der Waals surface area contributed by atoms with Crippen LogP contribution in [0.15, 0.2) is 30.3 Å². The zero-order valence-corrected chi connectivity index (χ0v) is 9.63. The summed E-state index contributed by atoms with van der Waals surface area (Å²) in [7, 11) is 2.01. The smallest absolute Gasteiger partial charge is 0.170 e. The first-order chi connectivity index (χ1) is 7.25. The van der Waals surface area contributed by atoms with Crippen LogP contribution in [0.2, 0.25) is 0 Å². The minimum atomic E-state index is 0.831. The van der Waals surface area contributed by atoms with Crippen molar-refractivity contribution in [3.8, 4) is 0 Å². The third-order valence-electron chi connectivity index (χ3n) is 2.46. The van der Waals surface area contributed by atoms with E-state index in [-0.39, 0.29) is 0 Å². The second kappa shape index (κ2) is 4.59. The third-order valence-corrected chi connectivity index (χ3v) is 2.92. The average Bonchev–Trinajstić information content (AvgIpc) is 2.25. The molecule has 15 heavy (non-hydrogen) atoms. The topological polar surface area (TPSA) is 18.5 Å². The summed E-state index contributed by atoms with van der Waals surface area (Å²) in [5, 5.41) is 4.02. The fourth-order valence-corrected chi connectivity index (χ4v) is 1.80. The molecule has 0 bridgehead atoms. The Labute approximate surface area is 95.7 Å². The molecule has 1 heterocycles. The Bertz CT molecular complexity index is 339. The Morgan fingerprint density at radius 2 is 2.07 bits per heavy atom. The average molecular weight is 221 g/mol. The Hall–Kier alpha value is -1.13. The molecule has 2 rings (SSSR count). The van der Waals surface area contributed by atoms with E-state index in [2.05, 4.69) is 34.5 Å². The number of benzene rings is 1.